The number of methoxy groups -OCH3 is 1. The Hall–Kier alpha value is -3.06. The van der Waals surface area contributed by atoms with Crippen molar-refractivity contribution in [3.63, 3.8) is 0 Å². The average Bonchev–Trinajstić information content (AvgIpc) is 2.60. The van der Waals surface area contributed by atoms with Crippen LogP contribution >= 0.6 is 0 Å². The molecule has 0 aliphatic heterocycles. The van der Waals surface area contributed by atoms with Crippen molar-refractivity contribution in [2.75, 3.05) is 23.4 Å². The molecule has 26 heavy (non-hydrogen) atoms. The van der Waals surface area contributed by atoms with E-state index < -0.39 is 10.0 Å². The Kier molecular flexibility index (Phi) is 4.81. The van der Waals surface area contributed by atoms with Gasteiger partial charge in [-0.3, -0.25) is 9.52 Å². The lowest BCUT2D eigenvalue weighted by Gasteiger charge is -2.12. The van der Waals surface area contributed by atoms with Gasteiger partial charge in [0, 0.05) is 11.3 Å². The maximum Gasteiger partial charge on any atom is 0.255 e. The van der Waals surface area contributed by atoms with E-state index in [9.17, 15) is 13.2 Å². The normalized spacial score (nSPS) is 11.2. The predicted molar refractivity (Wildman–Crippen MR) is 103 cm³/mol. The highest BCUT2D eigenvalue weighted by Gasteiger charge is 2.12. The number of carbonyl (C=O) groups is 1. The monoisotopic (exact) mass is 370 g/mol. The number of nitrogens with one attached hydrogen (secondary N) is 2. The van der Waals surface area contributed by atoms with Crippen molar-refractivity contribution in [3.05, 3.63) is 66.2 Å². The lowest BCUT2D eigenvalue weighted by molar-refractivity contribution is 0.102. The molecule has 0 bridgehead atoms. The minimum Gasteiger partial charge on any atom is -0.495 e. The molecule has 0 saturated carbocycles. The van der Waals surface area contributed by atoms with Crippen LogP contribution in [0.1, 0.15) is 10.4 Å². The number of ether oxygens (including phenoxy) is 1. The Morgan fingerprint density at radius 1 is 0.962 bits per heavy atom. The van der Waals surface area contributed by atoms with Crippen molar-refractivity contribution < 1.29 is 17.9 Å². The summed E-state index contributed by atoms with van der Waals surface area (Å²) in [5.41, 5.74) is 1.22. The van der Waals surface area contributed by atoms with Crippen molar-refractivity contribution in [2.45, 2.75) is 0 Å². The van der Waals surface area contributed by atoms with Gasteiger partial charge in [-0.1, -0.05) is 30.3 Å². The molecule has 3 aromatic rings. The SMILES string of the molecule is COc1ccc(NC(=O)c2ccc3ccccc3c2)cc1NS(C)(=O)=O. The fourth-order valence-corrected chi connectivity index (χ4v) is 3.16. The highest BCUT2D eigenvalue weighted by molar-refractivity contribution is 7.92. The van der Waals surface area contributed by atoms with Crippen LogP contribution in [0.2, 0.25) is 0 Å². The van der Waals surface area contributed by atoms with Gasteiger partial charge in [0.05, 0.1) is 19.1 Å². The summed E-state index contributed by atoms with van der Waals surface area (Å²) in [4.78, 5) is 12.5. The molecule has 3 rings (SSSR count). The topological polar surface area (TPSA) is 84.5 Å². The summed E-state index contributed by atoms with van der Waals surface area (Å²) in [5, 5.41) is 4.79. The standard InChI is InChI=1S/C19H18N2O4S/c1-25-18-10-9-16(12-17(18)21-26(2,23)24)20-19(22)15-8-7-13-5-3-4-6-14(13)11-15/h3-12,21H,1-2H3,(H,20,22). The molecule has 3 aromatic carbocycles. The fraction of sp³-hybridized carbons (Fsp3) is 0.105. The Labute approximate surface area is 151 Å². The van der Waals surface area contributed by atoms with Gasteiger partial charge in [-0.2, -0.15) is 0 Å². The van der Waals surface area contributed by atoms with Gasteiger partial charge in [-0.25, -0.2) is 8.42 Å². The minimum absolute atomic E-state index is 0.256. The van der Waals surface area contributed by atoms with E-state index in [0.717, 1.165) is 17.0 Å². The molecule has 0 heterocycles. The van der Waals surface area contributed by atoms with Crippen LogP contribution < -0.4 is 14.8 Å². The van der Waals surface area contributed by atoms with Gasteiger partial charge in [0.1, 0.15) is 5.75 Å². The summed E-state index contributed by atoms with van der Waals surface area (Å²) >= 11 is 0. The number of hydrogen-bond donors (Lipinski definition) is 2. The van der Waals surface area contributed by atoms with Crippen LogP contribution in [0.5, 0.6) is 5.75 Å². The number of amides is 1. The van der Waals surface area contributed by atoms with Gasteiger partial charge < -0.3 is 10.1 Å². The number of sulfonamides is 1. The summed E-state index contributed by atoms with van der Waals surface area (Å²) in [6.45, 7) is 0. The maximum absolute atomic E-state index is 12.5. The summed E-state index contributed by atoms with van der Waals surface area (Å²) in [7, 11) is -2.03. The van der Waals surface area contributed by atoms with Crippen molar-refractivity contribution in [1.82, 2.24) is 0 Å². The molecule has 7 heteroatoms. The summed E-state index contributed by atoms with van der Waals surface area (Å²) in [6.07, 6.45) is 1.05. The number of hydrogen-bond acceptors (Lipinski definition) is 4. The number of fused-ring (bicyclic) bond motifs is 1. The third-order valence-electron chi connectivity index (χ3n) is 3.76. The van der Waals surface area contributed by atoms with Gasteiger partial charge in [0.15, 0.2) is 0 Å². The quantitative estimate of drug-likeness (QED) is 0.720. The lowest BCUT2D eigenvalue weighted by atomic mass is 10.1. The first-order chi connectivity index (χ1) is 12.4. The number of anilines is 2. The smallest absolute Gasteiger partial charge is 0.255 e. The van der Waals surface area contributed by atoms with Crippen LogP contribution in [-0.4, -0.2) is 27.7 Å². The van der Waals surface area contributed by atoms with Gasteiger partial charge in [-0.05, 0) is 41.1 Å². The zero-order valence-corrected chi connectivity index (χ0v) is 15.1. The number of carbonyl (C=O) groups excluding carboxylic acids is 1. The van der Waals surface area contributed by atoms with Gasteiger partial charge in [-0.15, -0.1) is 0 Å². The summed E-state index contributed by atoms with van der Waals surface area (Å²) < 4.78 is 30.5. The molecule has 0 atom stereocenters. The zero-order valence-electron chi connectivity index (χ0n) is 14.3. The van der Waals surface area contributed by atoms with Crippen molar-refractivity contribution >= 4 is 38.1 Å². The van der Waals surface area contributed by atoms with E-state index >= 15 is 0 Å². The molecule has 0 aromatic heterocycles. The lowest BCUT2D eigenvalue weighted by Crippen LogP contribution is -2.13. The Bertz CT molecular complexity index is 1080. The zero-order chi connectivity index (χ0) is 18.7. The van der Waals surface area contributed by atoms with Gasteiger partial charge in [0.25, 0.3) is 5.91 Å². The summed E-state index contributed by atoms with van der Waals surface area (Å²) in [5.74, 6) is 0.0744. The molecule has 134 valence electrons. The van der Waals surface area contributed by atoms with E-state index in [1.807, 2.05) is 36.4 Å². The van der Waals surface area contributed by atoms with E-state index in [4.69, 9.17) is 4.74 Å². The molecule has 2 N–H and O–H groups in total. The van der Waals surface area contributed by atoms with Crippen molar-refractivity contribution in [2.24, 2.45) is 0 Å². The molecule has 0 radical (unpaired) electrons. The summed E-state index contributed by atoms with van der Waals surface area (Å²) in [6, 6.07) is 18.0. The Balaban J connectivity index is 1.87. The van der Waals surface area contributed by atoms with Crippen molar-refractivity contribution in [1.29, 1.82) is 0 Å². The Morgan fingerprint density at radius 2 is 1.69 bits per heavy atom. The Morgan fingerprint density at radius 3 is 2.38 bits per heavy atom. The fourth-order valence-electron chi connectivity index (χ4n) is 2.60. The first kappa shape index (κ1) is 17.8. The second-order valence-corrected chi connectivity index (χ2v) is 7.55. The molecule has 0 saturated heterocycles. The van der Waals surface area contributed by atoms with E-state index in [0.29, 0.717) is 17.0 Å². The third-order valence-corrected chi connectivity index (χ3v) is 4.36. The van der Waals surface area contributed by atoms with Gasteiger partial charge >= 0.3 is 0 Å². The molecule has 0 fully saturated rings. The molecule has 6 nitrogen and oxygen atoms in total. The second-order valence-electron chi connectivity index (χ2n) is 5.81. The third kappa shape index (κ3) is 4.12. The van der Waals surface area contributed by atoms with E-state index in [1.54, 1.807) is 18.2 Å². The maximum atomic E-state index is 12.5. The largest absolute Gasteiger partial charge is 0.495 e. The molecule has 1 amide bonds. The molecular formula is C19H18N2O4S. The highest BCUT2D eigenvalue weighted by Crippen LogP contribution is 2.29. The van der Waals surface area contributed by atoms with E-state index in [2.05, 4.69) is 10.0 Å². The molecule has 0 aliphatic carbocycles. The van der Waals surface area contributed by atoms with E-state index in [1.165, 1.54) is 13.2 Å². The predicted octanol–water partition coefficient (Wildman–Crippen LogP) is 3.47. The number of rotatable bonds is 5. The molecule has 0 spiro atoms. The molecule has 0 aliphatic rings. The van der Waals surface area contributed by atoms with Gasteiger partial charge in [0.2, 0.25) is 10.0 Å². The highest BCUT2D eigenvalue weighted by atomic mass is 32.2. The minimum atomic E-state index is -3.47. The molecule has 0 unspecified atom stereocenters. The van der Waals surface area contributed by atoms with Crippen LogP contribution in [0.4, 0.5) is 11.4 Å². The van der Waals surface area contributed by atoms with Crippen LogP contribution in [0.15, 0.2) is 60.7 Å². The first-order valence-corrected chi connectivity index (χ1v) is 9.71. The van der Waals surface area contributed by atoms with Crippen LogP contribution in [0.25, 0.3) is 10.8 Å². The number of benzene rings is 3. The van der Waals surface area contributed by atoms with Crippen LogP contribution in [0, 0.1) is 0 Å². The molecular weight excluding hydrogens is 352 g/mol. The second kappa shape index (κ2) is 7.05. The van der Waals surface area contributed by atoms with Crippen molar-refractivity contribution in [3.8, 4) is 5.75 Å². The van der Waals surface area contributed by atoms with Crippen LogP contribution in [0.3, 0.4) is 0 Å². The first-order valence-electron chi connectivity index (χ1n) is 7.82. The average molecular weight is 370 g/mol. The van der Waals surface area contributed by atoms with E-state index in [-0.39, 0.29) is 11.6 Å². The van der Waals surface area contributed by atoms with Crippen LogP contribution in [-0.2, 0) is 10.0 Å².